The first-order valence-electron chi connectivity index (χ1n) is 12.6. The summed E-state index contributed by atoms with van der Waals surface area (Å²) in [5, 5.41) is 7.28. The number of likely N-dealkylation sites (N-methyl/N-ethyl adjacent to an activating group) is 1. The maximum atomic E-state index is 13.3. The van der Waals surface area contributed by atoms with Crippen molar-refractivity contribution in [1.29, 1.82) is 0 Å². The van der Waals surface area contributed by atoms with Gasteiger partial charge >= 0.3 is 0 Å². The van der Waals surface area contributed by atoms with E-state index in [2.05, 4.69) is 27.7 Å². The number of nitrogens with one attached hydrogen (secondary N) is 2. The number of thiazole rings is 1. The SMILES string of the molecule is CN1CCOc2cc(NN3CCN(C(CC4CCCCC4)C(=O)Nc4nccs4)C(=O)C3)ccc21. The number of nitrogens with zero attached hydrogens (tertiary/aromatic N) is 4. The zero-order valence-electron chi connectivity index (χ0n) is 20.2. The molecule has 1 unspecified atom stereocenters. The number of rotatable bonds is 7. The molecule has 1 saturated heterocycles. The van der Waals surface area contributed by atoms with E-state index in [0.29, 0.717) is 37.2 Å². The second kappa shape index (κ2) is 10.8. The topological polar surface area (TPSA) is 90.0 Å². The third kappa shape index (κ3) is 5.70. The maximum Gasteiger partial charge on any atom is 0.248 e. The molecule has 2 N–H and O–H groups in total. The molecule has 1 saturated carbocycles. The van der Waals surface area contributed by atoms with Crippen molar-refractivity contribution < 1.29 is 14.3 Å². The molecule has 2 fully saturated rings. The Bertz CT molecular complexity index is 1030. The average Bonchev–Trinajstić information content (AvgIpc) is 3.37. The zero-order chi connectivity index (χ0) is 24.2. The molecule has 2 aromatic rings. The second-order valence-corrected chi connectivity index (χ2v) is 10.5. The van der Waals surface area contributed by atoms with Crippen molar-refractivity contribution in [2.75, 3.05) is 55.5 Å². The number of carbonyl (C=O) groups excluding carboxylic acids is 2. The van der Waals surface area contributed by atoms with E-state index in [9.17, 15) is 9.59 Å². The molecule has 10 heteroatoms. The Morgan fingerprint density at radius 1 is 1.23 bits per heavy atom. The van der Waals surface area contributed by atoms with Crippen molar-refractivity contribution in [2.45, 2.75) is 44.6 Å². The van der Waals surface area contributed by atoms with E-state index in [1.54, 1.807) is 11.1 Å². The third-order valence-electron chi connectivity index (χ3n) is 7.22. The minimum atomic E-state index is -0.468. The van der Waals surface area contributed by atoms with Gasteiger partial charge in [0.25, 0.3) is 0 Å². The van der Waals surface area contributed by atoms with Crippen molar-refractivity contribution in [3.8, 4) is 5.75 Å². The van der Waals surface area contributed by atoms with Crippen molar-refractivity contribution >= 4 is 39.7 Å². The number of piperazine rings is 1. The van der Waals surface area contributed by atoms with Gasteiger partial charge in [-0.2, -0.15) is 0 Å². The molecule has 0 spiro atoms. The number of fused-ring (bicyclic) bond motifs is 1. The molecule has 1 aromatic carbocycles. The first-order chi connectivity index (χ1) is 17.1. The smallest absolute Gasteiger partial charge is 0.248 e. The molecule has 1 aromatic heterocycles. The van der Waals surface area contributed by atoms with Gasteiger partial charge < -0.3 is 25.3 Å². The van der Waals surface area contributed by atoms with Gasteiger partial charge in [-0.1, -0.05) is 32.1 Å². The molecule has 9 nitrogen and oxygen atoms in total. The van der Waals surface area contributed by atoms with E-state index in [1.165, 1.54) is 30.6 Å². The highest BCUT2D eigenvalue weighted by Crippen LogP contribution is 2.34. The highest BCUT2D eigenvalue weighted by molar-refractivity contribution is 7.13. The number of hydrazine groups is 1. The number of amides is 2. The van der Waals surface area contributed by atoms with Crippen LogP contribution in [-0.2, 0) is 9.59 Å². The quantitative estimate of drug-likeness (QED) is 0.605. The highest BCUT2D eigenvalue weighted by Gasteiger charge is 2.36. The number of hydrogen-bond acceptors (Lipinski definition) is 8. The van der Waals surface area contributed by atoms with Crippen LogP contribution in [0.5, 0.6) is 5.75 Å². The molecule has 35 heavy (non-hydrogen) atoms. The van der Waals surface area contributed by atoms with Gasteiger partial charge in [-0.15, -0.1) is 11.3 Å². The van der Waals surface area contributed by atoms with Gasteiger partial charge in [0.2, 0.25) is 11.8 Å². The van der Waals surface area contributed by atoms with E-state index in [-0.39, 0.29) is 18.4 Å². The van der Waals surface area contributed by atoms with Crippen molar-refractivity contribution in [3.05, 3.63) is 29.8 Å². The Morgan fingerprint density at radius 3 is 2.86 bits per heavy atom. The molecule has 2 amide bonds. The lowest BCUT2D eigenvalue weighted by molar-refractivity contribution is -0.143. The number of carbonyl (C=O) groups is 2. The van der Waals surface area contributed by atoms with Crippen LogP contribution in [0.2, 0.25) is 0 Å². The van der Waals surface area contributed by atoms with Crippen LogP contribution in [0.25, 0.3) is 0 Å². The van der Waals surface area contributed by atoms with Gasteiger partial charge in [0.1, 0.15) is 18.4 Å². The van der Waals surface area contributed by atoms with E-state index < -0.39 is 6.04 Å². The second-order valence-electron chi connectivity index (χ2n) is 9.66. The largest absolute Gasteiger partial charge is 0.489 e. The summed E-state index contributed by atoms with van der Waals surface area (Å²) < 4.78 is 5.81. The van der Waals surface area contributed by atoms with E-state index in [4.69, 9.17) is 4.74 Å². The molecule has 2 aliphatic heterocycles. The van der Waals surface area contributed by atoms with Gasteiger partial charge in [-0.05, 0) is 24.5 Å². The van der Waals surface area contributed by atoms with Crippen molar-refractivity contribution in [1.82, 2.24) is 14.9 Å². The highest BCUT2D eigenvalue weighted by atomic mass is 32.1. The van der Waals surface area contributed by atoms with Gasteiger partial charge in [-0.25, -0.2) is 9.99 Å². The number of aromatic nitrogens is 1. The Labute approximate surface area is 210 Å². The first-order valence-corrected chi connectivity index (χ1v) is 13.4. The summed E-state index contributed by atoms with van der Waals surface area (Å²) in [4.78, 5) is 34.7. The average molecular weight is 499 g/mol. The fourth-order valence-electron chi connectivity index (χ4n) is 5.31. The maximum absolute atomic E-state index is 13.3. The molecule has 3 aliphatic rings. The Kier molecular flexibility index (Phi) is 7.38. The summed E-state index contributed by atoms with van der Waals surface area (Å²) in [7, 11) is 2.06. The normalized spacial score (nSPS) is 20.2. The van der Waals surface area contributed by atoms with E-state index in [1.807, 2.05) is 28.6 Å². The lowest BCUT2D eigenvalue weighted by atomic mass is 9.84. The molecule has 3 heterocycles. The van der Waals surface area contributed by atoms with Gasteiger partial charge in [0, 0.05) is 37.8 Å². The lowest BCUT2D eigenvalue weighted by Crippen LogP contribution is -2.58. The van der Waals surface area contributed by atoms with E-state index in [0.717, 1.165) is 36.5 Å². The predicted octanol–water partition coefficient (Wildman–Crippen LogP) is 3.42. The van der Waals surface area contributed by atoms with Crippen molar-refractivity contribution in [3.63, 3.8) is 0 Å². The van der Waals surface area contributed by atoms with E-state index >= 15 is 0 Å². The molecule has 1 atom stereocenters. The molecule has 0 bridgehead atoms. The molecule has 5 rings (SSSR count). The van der Waals surface area contributed by atoms with Crippen LogP contribution < -0.4 is 20.4 Å². The summed E-state index contributed by atoms with van der Waals surface area (Å²) in [6.07, 6.45) is 8.33. The standard InChI is InChI=1S/C25H34N6O3S/c1-29-12-13-34-22-16-19(7-8-20(22)29)28-30-10-11-31(23(32)17-30)21(15-18-5-3-2-4-6-18)24(33)27-25-26-9-14-35-25/h7-9,14,16,18,21,28H,2-6,10-13,15,17H2,1H3,(H,26,27,33). The summed E-state index contributed by atoms with van der Waals surface area (Å²) in [6.45, 7) is 2.88. The van der Waals surface area contributed by atoms with Crippen LogP contribution in [0.4, 0.5) is 16.5 Å². The minimum Gasteiger partial charge on any atom is -0.489 e. The fourth-order valence-corrected chi connectivity index (χ4v) is 5.84. The lowest BCUT2D eigenvalue weighted by Gasteiger charge is -2.40. The predicted molar refractivity (Wildman–Crippen MR) is 138 cm³/mol. The first kappa shape index (κ1) is 23.9. The van der Waals surface area contributed by atoms with Crippen LogP contribution in [-0.4, -0.2) is 72.6 Å². The van der Waals surface area contributed by atoms with Crippen LogP contribution >= 0.6 is 11.3 Å². The summed E-state index contributed by atoms with van der Waals surface area (Å²) >= 11 is 1.40. The van der Waals surface area contributed by atoms with Gasteiger partial charge in [0.15, 0.2) is 5.13 Å². The monoisotopic (exact) mass is 498 g/mol. The zero-order valence-corrected chi connectivity index (χ0v) is 21.1. The van der Waals surface area contributed by atoms with Crippen LogP contribution in [0.3, 0.4) is 0 Å². The molecular formula is C25H34N6O3S. The summed E-state index contributed by atoms with van der Waals surface area (Å²) in [5.74, 6) is 1.16. The summed E-state index contributed by atoms with van der Waals surface area (Å²) in [5.41, 5.74) is 5.32. The third-order valence-corrected chi connectivity index (χ3v) is 7.91. The number of anilines is 3. The Hall–Kier alpha value is -2.85. The number of benzene rings is 1. The van der Waals surface area contributed by atoms with Gasteiger partial charge in [-0.3, -0.25) is 9.59 Å². The van der Waals surface area contributed by atoms with Crippen LogP contribution in [0.15, 0.2) is 29.8 Å². The van der Waals surface area contributed by atoms with Crippen LogP contribution in [0.1, 0.15) is 38.5 Å². The fraction of sp³-hybridized carbons (Fsp3) is 0.560. The molecular weight excluding hydrogens is 464 g/mol. The number of hydrogen-bond donors (Lipinski definition) is 2. The molecule has 0 radical (unpaired) electrons. The van der Waals surface area contributed by atoms with Crippen LogP contribution in [0, 0.1) is 5.92 Å². The number of ether oxygens (including phenoxy) is 1. The van der Waals surface area contributed by atoms with Gasteiger partial charge in [0.05, 0.1) is 24.5 Å². The minimum absolute atomic E-state index is 0.0345. The van der Waals surface area contributed by atoms with Crippen molar-refractivity contribution in [2.24, 2.45) is 5.92 Å². The Morgan fingerprint density at radius 2 is 2.09 bits per heavy atom. The summed E-state index contributed by atoms with van der Waals surface area (Å²) in [6, 6.07) is 5.56. The Balaban J connectivity index is 1.24. The molecule has 1 aliphatic carbocycles. The molecule has 188 valence electrons.